The molecule has 0 radical (unpaired) electrons. The first kappa shape index (κ1) is 54.7. The van der Waals surface area contributed by atoms with Crippen LogP contribution in [0.1, 0.15) is 91.9 Å². The average Bonchev–Trinajstić information content (AvgIpc) is 4.03. The predicted octanol–water partition coefficient (Wildman–Crippen LogP) is 9.30. The summed E-state index contributed by atoms with van der Waals surface area (Å²) in [6.45, 7) is 5.59. The third-order valence-corrected chi connectivity index (χ3v) is 17.2. The summed E-state index contributed by atoms with van der Waals surface area (Å²) < 4.78 is 41.3. The maximum Gasteiger partial charge on any atom is 0.246 e. The molecule has 400 valence electrons. The molecule has 4 saturated heterocycles. The molecule has 6 aromatic rings. The van der Waals surface area contributed by atoms with E-state index in [2.05, 4.69) is 35.7 Å². The number of likely N-dealkylation sites (tertiary alicyclic amines) is 4. The van der Waals surface area contributed by atoms with E-state index in [0.29, 0.717) is 105 Å². The molecule has 4 aliphatic rings. The highest BCUT2D eigenvalue weighted by Crippen LogP contribution is 2.37. The molecule has 75 heavy (non-hydrogen) atoms. The molecule has 6 N–H and O–H groups in total. The van der Waals surface area contributed by atoms with Crippen molar-refractivity contribution in [3.8, 4) is 0 Å². The number of halogens is 5. The van der Waals surface area contributed by atoms with Gasteiger partial charge in [-0.15, -0.1) is 0 Å². The van der Waals surface area contributed by atoms with Crippen molar-refractivity contribution < 1.29 is 43.2 Å². The molecule has 2 atom stereocenters. The minimum Gasteiger partial charge on any atom is -0.389 e. The SMILES string of the molecule is O=C(/C=C/c1ccc(F)c(Br)c1)N1CCC(O)(C(O)CN2CCC(c3c[nH]c4ccc(F)cc34)CC2)CC1.O=C(CCc1ccc(Cl)cc1)N1CCC(O)(C(O)CN2CCC(c3c[nH]c4ccc(F)cc34)CC2)CC1. The summed E-state index contributed by atoms with van der Waals surface area (Å²) in [5, 5.41) is 46.8. The zero-order chi connectivity index (χ0) is 52.9. The summed E-state index contributed by atoms with van der Waals surface area (Å²) in [4.78, 5) is 39.6. The molecular formula is C58H67BrClF3N6O6. The smallest absolute Gasteiger partial charge is 0.246 e. The van der Waals surface area contributed by atoms with Gasteiger partial charge in [0.25, 0.3) is 0 Å². The van der Waals surface area contributed by atoms with Crippen LogP contribution in [0.2, 0.25) is 5.02 Å². The van der Waals surface area contributed by atoms with Crippen molar-refractivity contribution in [1.29, 1.82) is 0 Å². The topological polar surface area (TPSA) is 160 Å². The van der Waals surface area contributed by atoms with Crippen LogP contribution in [-0.4, -0.2) is 151 Å². The number of carbonyl (C=O) groups is 2. The van der Waals surface area contributed by atoms with E-state index in [1.165, 1.54) is 24.3 Å². The van der Waals surface area contributed by atoms with Crippen LogP contribution >= 0.6 is 27.5 Å². The van der Waals surface area contributed by atoms with E-state index < -0.39 is 23.4 Å². The number of nitrogens with one attached hydrogen (secondary N) is 2. The minimum absolute atomic E-state index is 0.0747. The van der Waals surface area contributed by atoms with Crippen LogP contribution in [0.3, 0.4) is 0 Å². The van der Waals surface area contributed by atoms with Gasteiger partial charge in [0.2, 0.25) is 11.8 Å². The summed E-state index contributed by atoms with van der Waals surface area (Å²) in [5.74, 6) is -0.271. The zero-order valence-electron chi connectivity index (χ0n) is 42.1. The number of rotatable bonds is 13. The molecule has 2 amide bonds. The van der Waals surface area contributed by atoms with Gasteiger partial charge in [-0.1, -0.05) is 29.8 Å². The maximum atomic E-state index is 13.8. The summed E-state index contributed by atoms with van der Waals surface area (Å²) in [5.41, 5.74) is 3.53. The Bertz CT molecular complexity index is 2940. The van der Waals surface area contributed by atoms with E-state index in [1.54, 1.807) is 52.3 Å². The number of fused-ring (bicyclic) bond motifs is 2. The zero-order valence-corrected chi connectivity index (χ0v) is 44.4. The largest absolute Gasteiger partial charge is 0.389 e. The van der Waals surface area contributed by atoms with E-state index in [-0.39, 0.29) is 29.3 Å². The molecule has 4 fully saturated rings. The number of amides is 2. The van der Waals surface area contributed by atoms with Crippen LogP contribution in [-0.2, 0) is 16.0 Å². The maximum absolute atomic E-state index is 13.8. The predicted molar refractivity (Wildman–Crippen MR) is 290 cm³/mol. The summed E-state index contributed by atoms with van der Waals surface area (Å²) >= 11 is 9.07. The highest BCUT2D eigenvalue weighted by Gasteiger charge is 2.42. The number of aryl methyl sites for hydroxylation is 1. The van der Waals surface area contributed by atoms with Gasteiger partial charge in [-0.05, 0) is 201 Å². The molecule has 17 heteroatoms. The summed E-state index contributed by atoms with van der Waals surface area (Å²) in [7, 11) is 0. The first-order chi connectivity index (χ1) is 36.0. The first-order valence-electron chi connectivity index (χ1n) is 26.3. The van der Waals surface area contributed by atoms with Crippen LogP contribution in [0.4, 0.5) is 13.2 Å². The molecule has 6 heterocycles. The molecule has 0 spiro atoms. The second-order valence-electron chi connectivity index (χ2n) is 21.1. The Morgan fingerprint density at radius 3 is 1.63 bits per heavy atom. The van der Waals surface area contributed by atoms with Crippen molar-refractivity contribution in [2.75, 3.05) is 65.4 Å². The number of aromatic amines is 2. The van der Waals surface area contributed by atoms with Crippen LogP contribution in [0.5, 0.6) is 0 Å². The number of hydrogen-bond acceptors (Lipinski definition) is 8. The Balaban J connectivity index is 0.000000184. The summed E-state index contributed by atoms with van der Waals surface area (Å²) in [6, 6.07) is 21.7. The standard InChI is InChI=1S/C29H32BrF2N3O3.C29H35ClFN3O3/c30-24-15-19(1-4-25(24)32)2-6-28(37)35-13-9-29(38,10-14-35)27(36)18-34-11-7-20(8-12-34)23-17-33-26-5-3-21(31)16-22(23)26;30-22-4-1-20(2-5-22)3-8-28(36)34-15-11-29(37,12-16-34)27(35)19-33-13-9-21(10-14-33)25-18-32-26-7-6-23(31)17-24(25)26/h1-6,15-17,20,27,33,36,38H,7-14,18H2;1-2,4-7,17-18,21,27,32,35,37H,3,8-16,19H2/b6-2+;. The van der Waals surface area contributed by atoms with Crippen molar-refractivity contribution in [2.45, 2.75) is 99.5 Å². The molecule has 0 saturated carbocycles. The number of piperidine rings is 4. The fourth-order valence-electron chi connectivity index (χ4n) is 11.5. The molecule has 4 aromatic carbocycles. The lowest BCUT2D eigenvalue weighted by molar-refractivity contribution is -0.144. The number of H-pyrrole nitrogens is 2. The summed E-state index contributed by atoms with van der Waals surface area (Å²) in [6.07, 6.45) is 11.3. The van der Waals surface area contributed by atoms with Crippen molar-refractivity contribution in [3.63, 3.8) is 0 Å². The second kappa shape index (κ2) is 24.1. The lowest BCUT2D eigenvalue weighted by Gasteiger charge is -2.43. The Morgan fingerprint density at radius 2 is 1.15 bits per heavy atom. The van der Waals surface area contributed by atoms with Gasteiger partial charge in [-0.25, -0.2) is 13.2 Å². The van der Waals surface area contributed by atoms with Crippen LogP contribution in [0.25, 0.3) is 27.9 Å². The van der Waals surface area contributed by atoms with Crippen LogP contribution in [0.15, 0.2) is 102 Å². The number of aliphatic hydroxyl groups excluding tert-OH is 2. The lowest BCUT2D eigenvalue weighted by atomic mass is 9.84. The van der Waals surface area contributed by atoms with Gasteiger partial charge >= 0.3 is 0 Å². The molecule has 12 nitrogen and oxygen atoms in total. The molecule has 0 bridgehead atoms. The van der Waals surface area contributed by atoms with Crippen molar-refractivity contribution in [1.82, 2.24) is 29.6 Å². The minimum atomic E-state index is -1.24. The van der Waals surface area contributed by atoms with Gasteiger partial charge in [-0.3, -0.25) is 9.59 Å². The van der Waals surface area contributed by atoms with Gasteiger partial charge in [0, 0.05) is 91.0 Å². The van der Waals surface area contributed by atoms with Crippen LogP contribution < -0.4 is 0 Å². The monoisotopic (exact) mass is 1110 g/mol. The number of β-amino-alcohol motifs (C(OH)–C–C–N with tert-alkyl or cyclic N) is 2. The molecule has 10 rings (SSSR count). The van der Waals surface area contributed by atoms with E-state index in [9.17, 15) is 43.2 Å². The number of hydrogen-bond donors (Lipinski definition) is 6. The molecule has 2 unspecified atom stereocenters. The Hall–Kier alpha value is -5.04. The van der Waals surface area contributed by atoms with Crippen molar-refractivity contribution in [2.24, 2.45) is 0 Å². The van der Waals surface area contributed by atoms with Gasteiger partial charge in [0.15, 0.2) is 0 Å². The third kappa shape index (κ3) is 13.4. The molecular weight excluding hydrogens is 1050 g/mol. The third-order valence-electron chi connectivity index (χ3n) is 16.3. The number of benzene rings is 4. The average molecular weight is 1120 g/mol. The van der Waals surface area contributed by atoms with Gasteiger partial charge < -0.3 is 50.0 Å². The van der Waals surface area contributed by atoms with E-state index in [1.807, 2.05) is 36.7 Å². The normalized spacial score (nSPS) is 19.9. The number of nitrogens with zero attached hydrogens (tertiary/aromatic N) is 4. The van der Waals surface area contributed by atoms with Crippen molar-refractivity contribution in [3.05, 3.63) is 147 Å². The molecule has 4 aliphatic heterocycles. The first-order valence-corrected chi connectivity index (χ1v) is 27.4. The van der Waals surface area contributed by atoms with Gasteiger partial charge in [0.05, 0.1) is 27.9 Å². The highest BCUT2D eigenvalue weighted by molar-refractivity contribution is 9.10. The highest BCUT2D eigenvalue weighted by atomic mass is 79.9. The van der Waals surface area contributed by atoms with Crippen LogP contribution in [0, 0.1) is 17.5 Å². The van der Waals surface area contributed by atoms with Crippen molar-refractivity contribution >= 4 is 67.2 Å². The van der Waals surface area contributed by atoms with Gasteiger partial charge in [-0.2, -0.15) is 0 Å². The number of carbonyl (C=O) groups excluding carboxylic acids is 2. The number of aromatic nitrogens is 2. The Labute approximate surface area is 449 Å². The van der Waals surface area contributed by atoms with E-state index >= 15 is 0 Å². The lowest BCUT2D eigenvalue weighted by Crippen LogP contribution is -2.56. The second-order valence-corrected chi connectivity index (χ2v) is 22.4. The molecule has 2 aromatic heterocycles. The van der Waals surface area contributed by atoms with E-state index in [0.717, 1.165) is 90.4 Å². The quantitative estimate of drug-likeness (QED) is 0.0625. The number of aliphatic hydroxyl groups is 4. The Morgan fingerprint density at radius 1 is 0.667 bits per heavy atom. The Kier molecular flexibility index (Phi) is 17.6. The fraction of sp³-hybridized carbons (Fsp3) is 0.448. The van der Waals surface area contributed by atoms with Gasteiger partial charge in [0.1, 0.15) is 17.5 Å². The van der Waals surface area contributed by atoms with E-state index in [4.69, 9.17) is 11.6 Å². The fourth-order valence-corrected chi connectivity index (χ4v) is 12.0. The molecule has 0 aliphatic carbocycles.